The fraction of sp³-hybridized carbons (Fsp3) is 0.238. The molecule has 0 saturated carbocycles. The number of esters is 2. The SMILES string of the molecule is Cc1[nH]cnc1CC(=O)C1(c2cn(C)c3c(C)cccc23)OC(=O)C=CC(=O)O1. The van der Waals surface area contributed by atoms with Crippen molar-refractivity contribution in [3.8, 4) is 0 Å². The molecule has 3 aromatic rings. The number of benzene rings is 1. The number of ether oxygens (including phenoxy) is 2. The second kappa shape index (κ2) is 6.73. The zero-order valence-electron chi connectivity index (χ0n) is 16.2. The van der Waals surface area contributed by atoms with E-state index in [-0.39, 0.29) is 6.42 Å². The van der Waals surface area contributed by atoms with Gasteiger partial charge in [0.25, 0.3) is 0 Å². The Morgan fingerprint density at radius 1 is 1.17 bits per heavy atom. The standard InChI is InChI=1S/C21H19N3O5/c1-12-5-4-6-14-15(10-24(3)20(12)14)21(28-18(26)7-8-19(27)29-21)17(25)9-16-13(2)22-11-23-16/h4-8,10-11H,9H2,1-3H3,(H,22,23). The van der Waals surface area contributed by atoms with E-state index < -0.39 is 23.5 Å². The largest absolute Gasteiger partial charge is 0.407 e. The first kappa shape index (κ1) is 18.7. The highest BCUT2D eigenvalue weighted by molar-refractivity contribution is 6.02. The van der Waals surface area contributed by atoms with Crippen molar-refractivity contribution in [1.29, 1.82) is 0 Å². The summed E-state index contributed by atoms with van der Waals surface area (Å²) in [5, 5.41) is 0.655. The molecule has 1 N–H and O–H groups in total. The van der Waals surface area contributed by atoms with Crippen molar-refractivity contribution in [3.63, 3.8) is 0 Å². The number of H-pyrrole nitrogens is 1. The maximum Gasteiger partial charge on any atom is 0.346 e. The maximum absolute atomic E-state index is 13.5. The van der Waals surface area contributed by atoms with Crippen LogP contribution in [0.3, 0.4) is 0 Å². The molecule has 1 aliphatic heterocycles. The van der Waals surface area contributed by atoms with Crippen molar-refractivity contribution in [3.05, 3.63) is 65.4 Å². The average Bonchev–Trinajstić information content (AvgIpc) is 3.18. The zero-order valence-corrected chi connectivity index (χ0v) is 16.2. The van der Waals surface area contributed by atoms with Gasteiger partial charge in [-0.15, -0.1) is 0 Å². The molecule has 29 heavy (non-hydrogen) atoms. The average molecular weight is 393 g/mol. The minimum atomic E-state index is -2.21. The van der Waals surface area contributed by atoms with E-state index in [0.717, 1.165) is 23.2 Å². The van der Waals surface area contributed by atoms with Gasteiger partial charge in [0.1, 0.15) is 0 Å². The molecular weight excluding hydrogens is 374 g/mol. The second-order valence-corrected chi connectivity index (χ2v) is 6.99. The van der Waals surface area contributed by atoms with Crippen molar-refractivity contribution in [2.45, 2.75) is 26.1 Å². The molecule has 148 valence electrons. The number of hydrogen-bond acceptors (Lipinski definition) is 6. The van der Waals surface area contributed by atoms with Crippen LogP contribution in [0.4, 0.5) is 0 Å². The van der Waals surface area contributed by atoms with Gasteiger partial charge in [0.15, 0.2) is 0 Å². The van der Waals surface area contributed by atoms with Crippen LogP contribution >= 0.6 is 0 Å². The fourth-order valence-electron chi connectivity index (χ4n) is 3.65. The first-order chi connectivity index (χ1) is 13.8. The van der Waals surface area contributed by atoms with E-state index in [4.69, 9.17) is 9.47 Å². The minimum absolute atomic E-state index is 0.182. The number of fused-ring (bicyclic) bond motifs is 1. The third-order valence-electron chi connectivity index (χ3n) is 5.03. The Labute approximate surface area is 166 Å². The topological polar surface area (TPSA) is 103 Å². The molecule has 0 unspecified atom stereocenters. The summed E-state index contributed by atoms with van der Waals surface area (Å²) < 4.78 is 12.8. The van der Waals surface area contributed by atoms with E-state index in [1.165, 1.54) is 6.33 Å². The molecule has 0 bridgehead atoms. The third kappa shape index (κ3) is 3.02. The van der Waals surface area contributed by atoms with Crippen LogP contribution in [0.1, 0.15) is 22.5 Å². The summed E-state index contributed by atoms with van der Waals surface area (Å²) in [4.78, 5) is 45.1. The van der Waals surface area contributed by atoms with E-state index in [1.807, 2.05) is 30.7 Å². The van der Waals surface area contributed by atoms with Crippen LogP contribution in [0.2, 0.25) is 0 Å². The molecule has 8 heteroatoms. The molecular formula is C21H19N3O5. The normalized spacial score (nSPS) is 15.8. The highest BCUT2D eigenvalue weighted by Gasteiger charge is 2.50. The molecule has 0 atom stereocenters. The smallest absolute Gasteiger partial charge is 0.346 e. The van der Waals surface area contributed by atoms with E-state index in [2.05, 4.69) is 9.97 Å². The van der Waals surface area contributed by atoms with Crippen molar-refractivity contribution < 1.29 is 23.9 Å². The minimum Gasteiger partial charge on any atom is -0.407 e. The second-order valence-electron chi connectivity index (χ2n) is 6.99. The summed E-state index contributed by atoms with van der Waals surface area (Å²) >= 11 is 0. The molecule has 2 aromatic heterocycles. The van der Waals surface area contributed by atoms with Gasteiger partial charge in [-0.3, -0.25) is 4.79 Å². The monoisotopic (exact) mass is 393 g/mol. The van der Waals surface area contributed by atoms with Crippen molar-refractivity contribution in [1.82, 2.24) is 14.5 Å². The fourth-order valence-corrected chi connectivity index (χ4v) is 3.65. The quantitative estimate of drug-likeness (QED) is 0.681. The predicted octanol–water partition coefficient (Wildman–Crippen LogP) is 2.14. The van der Waals surface area contributed by atoms with Gasteiger partial charge < -0.3 is 19.0 Å². The number of aromatic amines is 1. The first-order valence-corrected chi connectivity index (χ1v) is 9.03. The number of cyclic esters (lactones) is 2. The summed E-state index contributed by atoms with van der Waals surface area (Å²) in [6.07, 6.45) is 4.84. The van der Waals surface area contributed by atoms with Gasteiger partial charge in [0.05, 0.1) is 29.5 Å². The Morgan fingerprint density at radius 3 is 2.48 bits per heavy atom. The Hall–Kier alpha value is -3.68. The van der Waals surface area contributed by atoms with Gasteiger partial charge in [-0.2, -0.15) is 0 Å². The lowest BCUT2D eigenvalue weighted by Crippen LogP contribution is -2.44. The lowest BCUT2D eigenvalue weighted by atomic mass is 9.96. The van der Waals surface area contributed by atoms with Crippen LogP contribution in [0.15, 0.2) is 42.9 Å². The summed E-state index contributed by atoms with van der Waals surface area (Å²) in [5.41, 5.74) is 3.28. The van der Waals surface area contributed by atoms with Gasteiger partial charge in [-0.1, -0.05) is 18.2 Å². The summed E-state index contributed by atoms with van der Waals surface area (Å²) in [6, 6.07) is 5.56. The molecule has 0 aliphatic carbocycles. The number of nitrogens with zero attached hydrogens (tertiary/aromatic N) is 2. The molecule has 0 spiro atoms. The number of imidazole rings is 1. The molecule has 1 aliphatic rings. The number of aromatic nitrogens is 3. The van der Waals surface area contributed by atoms with Crippen LogP contribution < -0.4 is 0 Å². The Morgan fingerprint density at radius 2 is 1.86 bits per heavy atom. The molecule has 0 fully saturated rings. The number of aryl methyl sites for hydroxylation is 3. The molecule has 1 aromatic carbocycles. The number of hydrogen-bond donors (Lipinski definition) is 1. The summed E-state index contributed by atoms with van der Waals surface area (Å²) in [7, 11) is 1.81. The maximum atomic E-state index is 13.5. The van der Waals surface area contributed by atoms with Gasteiger partial charge in [-0.05, 0) is 19.4 Å². The Kier molecular flexibility index (Phi) is 4.34. The highest BCUT2D eigenvalue weighted by atomic mass is 16.7. The molecule has 8 nitrogen and oxygen atoms in total. The number of ketones is 1. The van der Waals surface area contributed by atoms with Gasteiger partial charge in [-0.25, -0.2) is 14.6 Å². The predicted molar refractivity (Wildman–Crippen MR) is 103 cm³/mol. The number of carbonyl (C=O) groups excluding carboxylic acids is 3. The first-order valence-electron chi connectivity index (χ1n) is 9.03. The number of Topliss-reactive ketones (excluding diaryl/α,β-unsaturated/α-hetero) is 1. The number of nitrogens with one attached hydrogen (secondary N) is 1. The van der Waals surface area contributed by atoms with E-state index in [1.54, 1.807) is 19.2 Å². The van der Waals surface area contributed by atoms with Gasteiger partial charge >= 0.3 is 17.7 Å². The van der Waals surface area contributed by atoms with Crippen molar-refractivity contribution >= 4 is 28.6 Å². The lowest BCUT2D eigenvalue weighted by Gasteiger charge is -2.29. The third-order valence-corrected chi connectivity index (χ3v) is 5.03. The van der Waals surface area contributed by atoms with E-state index >= 15 is 0 Å². The highest BCUT2D eigenvalue weighted by Crippen LogP contribution is 2.38. The van der Waals surface area contributed by atoms with Crippen LogP contribution in [0.25, 0.3) is 10.9 Å². The van der Waals surface area contributed by atoms with Crippen molar-refractivity contribution in [2.75, 3.05) is 0 Å². The molecule has 0 amide bonds. The Bertz CT molecular complexity index is 1160. The molecule has 0 saturated heterocycles. The van der Waals surface area contributed by atoms with Gasteiger partial charge in [0, 0.05) is 36.5 Å². The van der Waals surface area contributed by atoms with Crippen LogP contribution in [0.5, 0.6) is 0 Å². The Balaban J connectivity index is 1.93. The van der Waals surface area contributed by atoms with E-state index in [0.29, 0.717) is 22.3 Å². The lowest BCUT2D eigenvalue weighted by molar-refractivity contribution is -0.222. The van der Waals surface area contributed by atoms with Crippen LogP contribution in [-0.2, 0) is 43.1 Å². The van der Waals surface area contributed by atoms with E-state index in [9.17, 15) is 14.4 Å². The molecule has 3 heterocycles. The molecule has 0 radical (unpaired) electrons. The van der Waals surface area contributed by atoms with Crippen LogP contribution in [-0.4, -0.2) is 32.3 Å². The number of para-hydroxylation sites is 1. The number of carbonyl (C=O) groups is 3. The van der Waals surface area contributed by atoms with Gasteiger partial charge in [0.2, 0.25) is 5.78 Å². The zero-order chi connectivity index (χ0) is 20.8. The molecule has 4 rings (SSSR count). The van der Waals surface area contributed by atoms with Crippen molar-refractivity contribution in [2.24, 2.45) is 7.05 Å². The number of rotatable bonds is 4. The summed E-state index contributed by atoms with van der Waals surface area (Å²) in [6.45, 7) is 3.70. The summed E-state index contributed by atoms with van der Waals surface area (Å²) in [5.74, 6) is -4.50. The van der Waals surface area contributed by atoms with Crippen LogP contribution in [0, 0.1) is 13.8 Å².